The summed E-state index contributed by atoms with van der Waals surface area (Å²) < 4.78 is 6.98. The third-order valence-corrected chi connectivity index (χ3v) is 4.08. The first-order chi connectivity index (χ1) is 11.3. The first kappa shape index (κ1) is 18.0. The predicted octanol–water partition coefficient (Wildman–Crippen LogP) is -0.0595. The van der Waals surface area contributed by atoms with E-state index in [1.165, 1.54) is 18.5 Å². The van der Waals surface area contributed by atoms with Gasteiger partial charge in [-0.1, -0.05) is 0 Å². The molecule has 0 N–H and O–H groups in total. The number of methoxy groups -OCH3 is 1. The van der Waals surface area contributed by atoms with E-state index in [4.69, 9.17) is 4.74 Å². The van der Waals surface area contributed by atoms with E-state index in [0.717, 1.165) is 18.8 Å². The van der Waals surface area contributed by atoms with Crippen molar-refractivity contribution in [2.24, 2.45) is 0 Å². The molecule has 0 saturated carbocycles. The number of rotatable bonds is 5. The van der Waals surface area contributed by atoms with Crippen molar-refractivity contribution in [3.05, 3.63) is 60.4 Å². The SMILES string of the molecule is COc1ccc(C(=O)C=C[n+]2ccc(N3CCCC3)cc2)cc1.[Cl-]. The fourth-order valence-corrected chi connectivity index (χ4v) is 2.72. The Bertz CT molecular complexity index is 690. The molecule has 1 saturated heterocycles. The van der Waals surface area contributed by atoms with E-state index in [1.807, 2.05) is 17.0 Å². The summed E-state index contributed by atoms with van der Waals surface area (Å²) in [4.78, 5) is 14.5. The Morgan fingerprint density at radius 2 is 1.71 bits per heavy atom. The van der Waals surface area contributed by atoms with Gasteiger partial charge in [-0.3, -0.25) is 4.79 Å². The van der Waals surface area contributed by atoms with Gasteiger partial charge in [0, 0.05) is 36.5 Å². The molecule has 1 aromatic carbocycles. The van der Waals surface area contributed by atoms with E-state index in [-0.39, 0.29) is 18.2 Å². The van der Waals surface area contributed by atoms with Gasteiger partial charge in [-0.2, -0.15) is 4.57 Å². The fourth-order valence-electron chi connectivity index (χ4n) is 2.72. The number of pyridine rings is 1. The maximum atomic E-state index is 12.1. The Morgan fingerprint density at radius 3 is 2.29 bits per heavy atom. The molecule has 4 nitrogen and oxygen atoms in total. The van der Waals surface area contributed by atoms with Gasteiger partial charge in [0.15, 0.2) is 24.4 Å². The predicted molar refractivity (Wildman–Crippen MR) is 90.7 cm³/mol. The molecule has 0 bridgehead atoms. The highest BCUT2D eigenvalue weighted by molar-refractivity contribution is 6.05. The van der Waals surface area contributed by atoms with Gasteiger partial charge in [0.1, 0.15) is 5.75 Å². The lowest BCUT2D eigenvalue weighted by molar-refractivity contribution is -0.568. The minimum atomic E-state index is -0.0243. The molecule has 126 valence electrons. The normalized spacial score (nSPS) is 13.8. The zero-order chi connectivity index (χ0) is 16.1. The summed E-state index contributed by atoms with van der Waals surface area (Å²) in [6, 6.07) is 11.3. The van der Waals surface area contributed by atoms with Crippen LogP contribution in [-0.4, -0.2) is 26.0 Å². The number of allylic oxidation sites excluding steroid dienone is 1. The number of anilines is 1. The highest BCUT2D eigenvalue weighted by Gasteiger charge is 2.13. The fraction of sp³-hybridized carbons (Fsp3) is 0.263. The number of carbonyl (C=O) groups excluding carboxylic acids is 1. The van der Waals surface area contributed by atoms with Crippen molar-refractivity contribution < 1.29 is 26.5 Å². The second kappa shape index (κ2) is 8.50. The summed E-state index contributed by atoms with van der Waals surface area (Å²) in [5.41, 5.74) is 1.89. The highest BCUT2D eigenvalue weighted by atomic mass is 35.5. The van der Waals surface area contributed by atoms with Gasteiger partial charge in [-0.25, -0.2) is 0 Å². The Hall–Kier alpha value is -2.33. The van der Waals surface area contributed by atoms with Crippen molar-refractivity contribution >= 4 is 17.7 Å². The third-order valence-electron chi connectivity index (χ3n) is 4.08. The summed E-state index contributed by atoms with van der Waals surface area (Å²) in [6.45, 7) is 2.27. The number of hydrogen-bond donors (Lipinski definition) is 0. The summed E-state index contributed by atoms with van der Waals surface area (Å²) >= 11 is 0. The van der Waals surface area contributed by atoms with Crippen LogP contribution in [0.5, 0.6) is 5.75 Å². The van der Waals surface area contributed by atoms with Crippen LogP contribution in [0.1, 0.15) is 23.2 Å². The second-order valence-corrected chi connectivity index (χ2v) is 5.61. The first-order valence-corrected chi connectivity index (χ1v) is 7.88. The van der Waals surface area contributed by atoms with E-state index in [1.54, 1.807) is 43.7 Å². The van der Waals surface area contributed by atoms with Crippen molar-refractivity contribution in [1.29, 1.82) is 0 Å². The average Bonchev–Trinajstić information content (AvgIpc) is 3.15. The molecule has 2 aromatic rings. The molecule has 0 unspecified atom stereocenters. The Morgan fingerprint density at radius 1 is 1.08 bits per heavy atom. The molecule has 1 aromatic heterocycles. The van der Waals surface area contributed by atoms with Crippen LogP contribution in [0, 0.1) is 0 Å². The molecule has 0 amide bonds. The minimum Gasteiger partial charge on any atom is -1.00 e. The Labute approximate surface area is 148 Å². The molecule has 0 spiro atoms. The number of ketones is 1. The van der Waals surface area contributed by atoms with Crippen LogP contribution in [0.25, 0.3) is 6.20 Å². The number of hydrogen-bond acceptors (Lipinski definition) is 3. The molecule has 24 heavy (non-hydrogen) atoms. The van der Waals surface area contributed by atoms with E-state index in [2.05, 4.69) is 17.0 Å². The van der Waals surface area contributed by atoms with E-state index < -0.39 is 0 Å². The lowest BCUT2D eigenvalue weighted by atomic mass is 10.1. The van der Waals surface area contributed by atoms with Crippen molar-refractivity contribution in [3.63, 3.8) is 0 Å². The first-order valence-electron chi connectivity index (χ1n) is 7.88. The number of aromatic nitrogens is 1. The van der Waals surface area contributed by atoms with Gasteiger partial charge in [0.25, 0.3) is 0 Å². The quantitative estimate of drug-likeness (QED) is 0.433. The monoisotopic (exact) mass is 344 g/mol. The topological polar surface area (TPSA) is 33.4 Å². The van der Waals surface area contributed by atoms with Gasteiger partial charge in [-0.05, 0) is 37.1 Å². The Kier molecular flexibility index (Phi) is 6.38. The van der Waals surface area contributed by atoms with Crippen molar-refractivity contribution in [1.82, 2.24) is 0 Å². The van der Waals surface area contributed by atoms with Crippen LogP contribution in [0.4, 0.5) is 5.69 Å². The maximum absolute atomic E-state index is 12.1. The van der Waals surface area contributed by atoms with Crippen LogP contribution < -0.4 is 26.6 Å². The second-order valence-electron chi connectivity index (χ2n) is 5.61. The van der Waals surface area contributed by atoms with E-state index >= 15 is 0 Å². The smallest absolute Gasteiger partial charge is 0.191 e. The molecular weight excluding hydrogens is 324 g/mol. The van der Waals surface area contributed by atoms with Crippen molar-refractivity contribution in [3.8, 4) is 5.75 Å². The van der Waals surface area contributed by atoms with Gasteiger partial charge in [0.05, 0.1) is 13.2 Å². The molecule has 1 aliphatic rings. The third kappa shape index (κ3) is 4.36. The Balaban J connectivity index is 0.00000208. The highest BCUT2D eigenvalue weighted by Crippen LogP contribution is 2.18. The van der Waals surface area contributed by atoms with Gasteiger partial charge in [-0.15, -0.1) is 0 Å². The maximum Gasteiger partial charge on any atom is 0.191 e. The van der Waals surface area contributed by atoms with Crippen LogP contribution in [0.3, 0.4) is 0 Å². The number of ether oxygens (including phenoxy) is 1. The largest absolute Gasteiger partial charge is 1.00 e. The number of carbonyl (C=O) groups is 1. The average molecular weight is 345 g/mol. The number of benzene rings is 1. The number of nitrogens with zero attached hydrogens (tertiary/aromatic N) is 2. The minimum absolute atomic E-state index is 0. The van der Waals surface area contributed by atoms with Crippen LogP contribution in [-0.2, 0) is 0 Å². The molecule has 0 radical (unpaired) electrons. The summed E-state index contributed by atoms with van der Waals surface area (Å²) in [5.74, 6) is 0.723. The van der Waals surface area contributed by atoms with Crippen LogP contribution in [0.15, 0.2) is 54.9 Å². The molecule has 3 rings (SSSR count). The standard InChI is InChI=1S/C19H21N2O2.ClH/c1-23-18-6-4-16(5-7-18)19(22)10-15-20-13-8-17(9-14-20)21-11-2-3-12-21;/h4-10,13-15H,2-3,11-12H2,1H3;1H/q+1;/p-1. The van der Waals surface area contributed by atoms with E-state index in [0.29, 0.717) is 5.56 Å². The van der Waals surface area contributed by atoms with Gasteiger partial charge in [0.2, 0.25) is 0 Å². The summed E-state index contributed by atoms with van der Waals surface area (Å²) in [6.07, 6.45) is 9.85. The molecule has 0 atom stereocenters. The lowest BCUT2D eigenvalue weighted by Crippen LogP contribution is -3.00. The molecule has 1 fully saturated rings. The molecule has 0 aliphatic carbocycles. The summed E-state index contributed by atoms with van der Waals surface area (Å²) in [7, 11) is 1.61. The van der Waals surface area contributed by atoms with Crippen molar-refractivity contribution in [2.45, 2.75) is 12.8 Å². The lowest BCUT2D eigenvalue weighted by Gasteiger charge is -2.15. The van der Waals surface area contributed by atoms with Crippen LogP contribution >= 0.6 is 0 Å². The molecular formula is C19H21ClN2O2. The van der Waals surface area contributed by atoms with Gasteiger partial charge < -0.3 is 22.0 Å². The van der Waals surface area contributed by atoms with E-state index in [9.17, 15) is 4.79 Å². The molecule has 1 aliphatic heterocycles. The zero-order valence-electron chi connectivity index (χ0n) is 13.7. The number of halogens is 1. The summed E-state index contributed by atoms with van der Waals surface area (Å²) in [5, 5.41) is 0. The van der Waals surface area contributed by atoms with Gasteiger partial charge >= 0.3 is 0 Å². The zero-order valence-corrected chi connectivity index (χ0v) is 14.4. The van der Waals surface area contributed by atoms with Crippen LogP contribution in [0.2, 0.25) is 0 Å². The van der Waals surface area contributed by atoms with Crippen molar-refractivity contribution in [2.75, 3.05) is 25.1 Å². The molecule has 2 heterocycles. The molecule has 5 heteroatoms.